The second-order valence-corrected chi connectivity index (χ2v) is 22.8. The molecule has 1 saturated heterocycles. The topological polar surface area (TPSA) is 82.5 Å². The van der Waals surface area contributed by atoms with Gasteiger partial charge in [0.1, 0.15) is 5.60 Å². The van der Waals surface area contributed by atoms with Crippen LogP contribution in [0, 0.1) is 11.7 Å². The predicted molar refractivity (Wildman–Crippen MR) is 137 cm³/mol. The summed E-state index contributed by atoms with van der Waals surface area (Å²) in [5, 5.41) is -0.408. The zero-order valence-electron chi connectivity index (χ0n) is 22.8. The van der Waals surface area contributed by atoms with Crippen molar-refractivity contribution in [3.63, 3.8) is 0 Å². The number of halogens is 2. The van der Waals surface area contributed by atoms with Gasteiger partial charge in [0.05, 0.1) is 12.8 Å². The molecule has 1 aromatic heterocycles. The molecule has 1 aromatic rings. The first-order valence-corrected chi connectivity index (χ1v) is 18.2. The first-order valence-electron chi connectivity index (χ1n) is 12.4. The first-order chi connectivity index (χ1) is 15.7. The molecule has 2 heterocycles. The number of nitrogens with one attached hydrogen (secondary N) is 1. The molecule has 3 rings (SSSR count). The zero-order valence-corrected chi connectivity index (χ0v) is 24.8. The van der Waals surface area contributed by atoms with E-state index in [1.54, 1.807) is 0 Å². The molecule has 7 nitrogen and oxygen atoms in total. The molecule has 1 N–H and O–H groups in total. The Bertz CT molecular complexity index is 1070. The lowest BCUT2D eigenvalue weighted by atomic mass is 9.94. The van der Waals surface area contributed by atoms with E-state index in [4.69, 9.17) is 13.6 Å². The lowest BCUT2D eigenvalue weighted by Crippen LogP contribution is -2.59. The van der Waals surface area contributed by atoms with Crippen molar-refractivity contribution in [2.24, 2.45) is 5.92 Å². The van der Waals surface area contributed by atoms with Gasteiger partial charge in [0, 0.05) is 6.42 Å². The van der Waals surface area contributed by atoms with Crippen LogP contribution in [-0.2, 0) is 19.5 Å². The van der Waals surface area contributed by atoms with Gasteiger partial charge in [0.25, 0.3) is 11.5 Å². The minimum absolute atomic E-state index is 0.0405. The fourth-order valence-electron chi connectivity index (χ4n) is 3.95. The van der Waals surface area contributed by atoms with E-state index in [9.17, 15) is 14.0 Å². The van der Waals surface area contributed by atoms with E-state index in [1.807, 2.05) is 38.8 Å². The number of aromatic nitrogens is 2. The van der Waals surface area contributed by atoms with E-state index in [0.717, 1.165) is 17.4 Å². The maximum atomic E-state index is 16.4. The fourth-order valence-corrected chi connectivity index (χ4v) is 6.29. The molecule has 0 aromatic carbocycles. The quantitative estimate of drug-likeness (QED) is 0.486. The lowest BCUT2D eigenvalue weighted by Gasteiger charge is -2.46. The summed E-state index contributed by atoms with van der Waals surface area (Å²) < 4.78 is 51.2. The number of hydrogen-bond donors (Lipinski definition) is 1. The molecule has 1 aliphatic heterocycles. The van der Waals surface area contributed by atoms with Crippen molar-refractivity contribution in [3.05, 3.63) is 32.9 Å². The Balaban J connectivity index is 2.14. The normalized spacial score (nSPS) is 28.5. The summed E-state index contributed by atoms with van der Waals surface area (Å²) in [5.41, 5.74) is -3.17. The van der Waals surface area contributed by atoms with E-state index in [0.29, 0.717) is 6.20 Å². The highest BCUT2D eigenvalue weighted by Gasteiger charge is 2.66. The SMILES string of the molecule is CC(C)(C)[Si](C)(C)OC[C@]1(C2CC2)C[C@H](F)[C@@](O[Si](C)(C)C(C)(C)C)(n2cc(F)c(=O)[nH]c2=O)O1. The Morgan fingerprint density at radius 3 is 2.11 bits per heavy atom. The van der Waals surface area contributed by atoms with Crippen LogP contribution in [0.3, 0.4) is 0 Å². The van der Waals surface area contributed by atoms with Crippen LogP contribution >= 0.6 is 0 Å². The van der Waals surface area contributed by atoms with Gasteiger partial charge >= 0.3 is 5.69 Å². The zero-order chi connectivity index (χ0) is 26.8. The monoisotopic (exact) mass is 532 g/mol. The summed E-state index contributed by atoms with van der Waals surface area (Å²) in [6.07, 6.45) is 0.576. The van der Waals surface area contributed by atoms with Gasteiger partial charge < -0.3 is 13.6 Å². The molecule has 2 aliphatic rings. The van der Waals surface area contributed by atoms with E-state index in [2.05, 4.69) is 33.9 Å². The molecule has 0 amide bonds. The van der Waals surface area contributed by atoms with E-state index >= 15 is 4.39 Å². The highest BCUT2D eigenvalue weighted by molar-refractivity contribution is 6.74. The van der Waals surface area contributed by atoms with Crippen molar-refractivity contribution < 1.29 is 22.4 Å². The summed E-state index contributed by atoms with van der Waals surface area (Å²) in [5.74, 6) is -3.37. The van der Waals surface area contributed by atoms with E-state index in [-0.39, 0.29) is 29.0 Å². The average Bonchev–Trinajstić information content (AvgIpc) is 3.48. The molecular weight excluding hydrogens is 490 g/mol. The molecule has 2 fully saturated rings. The maximum absolute atomic E-state index is 16.4. The van der Waals surface area contributed by atoms with Gasteiger partial charge in [-0.3, -0.25) is 9.78 Å². The van der Waals surface area contributed by atoms with Crippen LogP contribution in [0.4, 0.5) is 8.78 Å². The third-order valence-corrected chi connectivity index (χ3v) is 17.4. The first kappa shape index (κ1) is 28.4. The lowest BCUT2D eigenvalue weighted by molar-refractivity contribution is -0.294. The van der Waals surface area contributed by atoms with Gasteiger partial charge in [-0.15, -0.1) is 0 Å². The van der Waals surface area contributed by atoms with Crippen molar-refractivity contribution in [1.29, 1.82) is 0 Å². The standard InChI is InChI=1S/C24H42F2N2O5Si2/c1-21(2,3)34(7,8)31-15-23(16-11-12-16)13-18(26)24(32-23,33-35(9,10)22(4,5)6)28-14-17(25)19(29)27-20(28)30/h14,16,18H,11-13,15H2,1-10H3,(H,27,29,30)/t18-,23-,24+/m0/s1. The fraction of sp³-hybridized carbons (Fsp3) is 0.833. The third kappa shape index (κ3) is 5.16. The van der Waals surface area contributed by atoms with Gasteiger partial charge in [0.2, 0.25) is 5.82 Å². The summed E-state index contributed by atoms with van der Waals surface area (Å²) in [7, 11) is -4.96. The van der Waals surface area contributed by atoms with Crippen molar-refractivity contribution in [2.75, 3.05) is 6.61 Å². The highest BCUT2D eigenvalue weighted by atomic mass is 28.4. The molecule has 200 valence electrons. The average molecular weight is 533 g/mol. The molecule has 3 atom stereocenters. The van der Waals surface area contributed by atoms with Crippen LogP contribution < -0.4 is 11.2 Å². The Kier molecular flexibility index (Phi) is 7.08. The Morgan fingerprint density at radius 1 is 1.09 bits per heavy atom. The molecule has 1 aliphatic carbocycles. The molecule has 0 spiro atoms. The van der Waals surface area contributed by atoms with Crippen LogP contribution in [-0.4, -0.2) is 44.6 Å². The highest BCUT2D eigenvalue weighted by Crippen LogP contribution is 2.56. The van der Waals surface area contributed by atoms with Crippen LogP contribution in [0.15, 0.2) is 15.8 Å². The van der Waals surface area contributed by atoms with Gasteiger partial charge in [-0.05, 0) is 55.0 Å². The second kappa shape index (κ2) is 8.71. The van der Waals surface area contributed by atoms with Crippen molar-refractivity contribution >= 4 is 16.6 Å². The van der Waals surface area contributed by atoms with Crippen LogP contribution in [0.1, 0.15) is 60.8 Å². The number of nitrogens with zero attached hydrogens (tertiary/aromatic N) is 1. The van der Waals surface area contributed by atoms with Crippen molar-refractivity contribution in [2.45, 2.75) is 115 Å². The number of H-pyrrole nitrogens is 1. The predicted octanol–water partition coefficient (Wildman–Crippen LogP) is 5.24. The number of rotatable bonds is 7. The molecule has 35 heavy (non-hydrogen) atoms. The largest absolute Gasteiger partial charge is 0.414 e. The van der Waals surface area contributed by atoms with Crippen molar-refractivity contribution in [1.82, 2.24) is 9.55 Å². The molecule has 11 heteroatoms. The van der Waals surface area contributed by atoms with Crippen LogP contribution in [0.25, 0.3) is 0 Å². The van der Waals surface area contributed by atoms with Crippen molar-refractivity contribution in [3.8, 4) is 0 Å². The number of hydrogen-bond acceptors (Lipinski definition) is 5. The minimum Gasteiger partial charge on any atom is -0.414 e. The molecular formula is C24H42F2N2O5Si2. The minimum atomic E-state index is -2.76. The molecule has 0 radical (unpaired) electrons. The van der Waals surface area contributed by atoms with Gasteiger partial charge in [-0.25, -0.2) is 13.8 Å². The second-order valence-electron chi connectivity index (χ2n) is 13.3. The Labute approximate surface area is 208 Å². The third-order valence-electron chi connectivity index (χ3n) is 8.52. The smallest absolute Gasteiger partial charge is 0.332 e. The number of ether oxygens (including phenoxy) is 1. The molecule has 1 saturated carbocycles. The molecule has 0 unspecified atom stereocenters. The summed E-state index contributed by atoms with van der Waals surface area (Å²) >= 11 is 0. The maximum Gasteiger partial charge on any atom is 0.332 e. The van der Waals surface area contributed by atoms with E-state index < -0.39 is 51.4 Å². The summed E-state index contributed by atoms with van der Waals surface area (Å²) in [6, 6.07) is 0. The summed E-state index contributed by atoms with van der Waals surface area (Å²) in [4.78, 5) is 26.6. The number of alkyl halides is 1. The van der Waals surface area contributed by atoms with Crippen LogP contribution in [0.5, 0.6) is 0 Å². The Hall–Kier alpha value is -1.15. The van der Waals surface area contributed by atoms with Gasteiger partial charge in [-0.1, -0.05) is 41.5 Å². The van der Waals surface area contributed by atoms with Gasteiger partial charge in [-0.2, -0.15) is 4.39 Å². The molecule has 0 bridgehead atoms. The number of aromatic amines is 1. The van der Waals surface area contributed by atoms with Crippen LogP contribution in [0.2, 0.25) is 36.3 Å². The van der Waals surface area contributed by atoms with Gasteiger partial charge in [0.15, 0.2) is 22.8 Å². The Morgan fingerprint density at radius 2 is 1.63 bits per heavy atom. The van der Waals surface area contributed by atoms with E-state index in [1.165, 1.54) is 0 Å². The summed E-state index contributed by atoms with van der Waals surface area (Å²) in [6.45, 7) is 20.6.